The normalized spacial score (nSPS) is 11.6. The van der Waals surface area contributed by atoms with Gasteiger partial charge in [-0.15, -0.1) is 0 Å². The lowest BCUT2D eigenvalue weighted by Crippen LogP contribution is -2.08. The summed E-state index contributed by atoms with van der Waals surface area (Å²) in [5.41, 5.74) is 1.36. The Kier molecular flexibility index (Phi) is 5.50. The van der Waals surface area contributed by atoms with E-state index in [4.69, 9.17) is 46.4 Å². The number of hydrogen-bond donors (Lipinski definition) is 0. The van der Waals surface area contributed by atoms with E-state index in [1.807, 2.05) is 0 Å². The van der Waals surface area contributed by atoms with Crippen LogP contribution in [0.1, 0.15) is 15.9 Å². The Hall–Kier alpha value is -1.78. The summed E-state index contributed by atoms with van der Waals surface area (Å²) in [6.07, 6.45) is 6.40. The van der Waals surface area contributed by atoms with Gasteiger partial charge in [-0.05, 0) is 48.0 Å². The summed E-state index contributed by atoms with van der Waals surface area (Å²) in [5, 5.41) is 1.59. The zero-order chi connectivity index (χ0) is 18.0. The van der Waals surface area contributed by atoms with Gasteiger partial charge >= 0.3 is 0 Å². The highest BCUT2D eigenvalue weighted by atomic mass is 35.5. The number of allylic oxidation sites excluding steroid dienone is 1. The standard InChI is InChI=1S/C18H10Cl4N2O/c19-13-3-1-11(2-4-13)18(25)16(24-6-5-23-10-24)8-12-7-14(20)9-15(21)17(12)22/h1-10H. The number of carbonyl (C=O) groups excluding carboxylic acids is 1. The van der Waals surface area contributed by atoms with Crippen LogP contribution in [0.5, 0.6) is 0 Å². The smallest absolute Gasteiger partial charge is 0.209 e. The number of imidazole rings is 1. The molecule has 0 atom stereocenters. The van der Waals surface area contributed by atoms with E-state index >= 15 is 0 Å². The Morgan fingerprint density at radius 1 is 1.00 bits per heavy atom. The quantitative estimate of drug-likeness (QED) is 0.283. The van der Waals surface area contributed by atoms with Crippen molar-refractivity contribution in [3.63, 3.8) is 0 Å². The van der Waals surface area contributed by atoms with Crippen LogP contribution in [0.2, 0.25) is 20.1 Å². The third kappa shape index (κ3) is 4.07. The minimum absolute atomic E-state index is 0.221. The van der Waals surface area contributed by atoms with Gasteiger partial charge in [-0.2, -0.15) is 0 Å². The van der Waals surface area contributed by atoms with Crippen molar-refractivity contribution in [1.82, 2.24) is 9.55 Å². The second-order valence-electron chi connectivity index (χ2n) is 5.13. The average molecular weight is 412 g/mol. The summed E-state index contributed by atoms with van der Waals surface area (Å²) in [6, 6.07) is 9.81. The molecule has 0 saturated carbocycles. The summed E-state index contributed by atoms with van der Waals surface area (Å²) in [4.78, 5) is 17.0. The molecule has 0 aliphatic heterocycles. The van der Waals surface area contributed by atoms with E-state index in [1.54, 1.807) is 59.4 Å². The molecule has 3 rings (SSSR count). The lowest BCUT2D eigenvalue weighted by Gasteiger charge is -2.10. The Balaban J connectivity index is 2.13. The van der Waals surface area contributed by atoms with Crippen LogP contribution in [-0.4, -0.2) is 15.3 Å². The van der Waals surface area contributed by atoms with Crippen LogP contribution in [0.15, 0.2) is 55.1 Å². The molecular formula is C18H10Cl4N2O. The molecule has 0 fully saturated rings. The van der Waals surface area contributed by atoms with E-state index in [-0.39, 0.29) is 5.78 Å². The molecule has 1 aromatic heterocycles. The summed E-state index contributed by atoms with van der Waals surface area (Å²) in [6.45, 7) is 0. The van der Waals surface area contributed by atoms with E-state index < -0.39 is 0 Å². The zero-order valence-corrected chi connectivity index (χ0v) is 15.6. The van der Waals surface area contributed by atoms with Gasteiger partial charge in [0.05, 0.1) is 22.1 Å². The van der Waals surface area contributed by atoms with Gasteiger partial charge in [0.1, 0.15) is 0 Å². The Morgan fingerprint density at radius 2 is 1.72 bits per heavy atom. The van der Waals surface area contributed by atoms with Gasteiger partial charge in [0.15, 0.2) is 0 Å². The van der Waals surface area contributed by atoms with Crippen molar-refractivity contribution in [2.24, 2.45) is 0 Å². The van der Waals surface area contributed by atoms with Gasteiger partial charge in [0.25, 0.3) is 0 Å². The number of ketones is 1. The van der Waals surface area contributed by atoms with Crippen LogP contribution in [0.4, 0.5) is 0 Å². The Morgan fingerprint density at radius 3 is 2.36 bits per heavy atom. The van der Waals surface area contributed by atoms with Crippen molar-refractivity contribution >= 4 is 64.0 Å². The van der Waals surface area contributed by atoms with E-state index in [2.05, 4.69) is 4.98 Å². The van der Waals surface area contributed by atoms with Gasteiger partial charge in [-0.25, -0.2) is 4.98 Å². The number of Topliss-reactive ketones (excluding diaryl/α,β-unsaturated/α-hetero) is 1. The number of halogens is 4. The van der Waals surface area contributed by atoms with Gasteiger partial charge in [0, 0.05) is 28.0 Å². The largest absolute Gasteiger partial charge is 0.303 e. The van der Waals surface area contributed by atoms with Gasteiger partial charge in [0.2, 0.25) is 5.78 Å². The third-order valence-corrected chi connectivity index (χ3v) is 4.72. The average Bonchev–Trinajstić information content (AvgIpc) is 3.11. The monoisotopic (exact) mass is 410 g/mol. The molecule has 0 aliphatic rings. The van der Waals surface area contributed by atoms with Gasteiger partial charge in [-0.3, -0.25) is 4.79 Å². The third-order valence-electron chi connectivity index (χ3n) is 3.43. The predicted octanol–water partition coefficient (Wildman–Crippen LogP) is 6.38. The topological polar surface area (TPSA) is 34.9 Å². The number of nitrogens with zero attached hydrogens (tertiary/aromatic N) is 2. The molecule has 0 unspecified atom stereocenters. The molecule has 0 amide bonds. The summed E-state index contributed by atoms with van der Waals surface area (Å²) in [7, 11) is 0. The second-order valence-corrected chi connectivity index (χ2v) is 6.78. The molecule has 1 heterocycles. The predicted molar refractivity (Wildman–Crippen MR) is 104 cm³/mol. The van der Waals surface area contributed by atoms with Crippen LogP contribution in [0, 0.1) is 0 Å². The molecule has 0 aliphatic carbocycles. The number of hydrogen-bond acceptors (Lipinski definition) is 2. The maximum absolute atomic E-state index is 13.0. The van der Waals surface area contributed by atoms with Crippen molar-refractivity contribution in [3.05, 3.63) is 86.3 Å². The number of carbonyl (C=O) groups is 1. The highest BCUT2D eigenvalue weighted by Gasteiger charge is 2.16. The molecule has 2 aromatic carbocycles. The Bertz CT molecular complexity index is 948. The second kappa shape index (κ2) is 7.63. The van der Waals surface area contributed by atoms with Crippen molar-refractivity contribution < 1.29 is 4.79 Å². The van der Waals surface area contributed by atoms with Gasteiger partial charge < -0.3 is 4.57 Å². The van der Waals surface area contributed by atoms with Crippen LogP contribution >= 0.6 is 46.4 Å². The lowest BCUT2D eigenvalue weighted by atomic mass is 10.1. The maximum atomic E-state index is 13.0. The van der Waals surface area contributed by atoms with E-state index in [0.29, 0.717) is 36.9 Å². The molecular weight excluding hydrogens is 402 g/mol. The number of benzene rings is 2. The van der Waals surface area contributed by atoms with Crippen molar-refractivity contribution in [2.45, 2.75) is 0 Å². The van der Waals surface area contributed by atoms with Crippen molar-refractivity contribution in [2.75, 3.05) is 0 Å². The van der Waals surface area contributed by atoms with Gasteiger partial charge in [-0.1, -0.05) is 46.4 Å². The summed E-state index contributed by atoms with van der Waals surface area (Å²) in [5.74, 6) is -0.221. The molecule has 7 heteroatoms. The maximum Gasteiger partial charge on any atom is 0.209 e. The lowest BCUT2D eigenvalue weighted by molar-refractivity contribution is 0.105. The fraction of sp³-hybridized carbons (Fsp3) is 0. The highest BCUT2D eigenvalue weighted by Crippen LogP contribution is 2.32. The first-order chi connectivity index (χ1) is 12.0. The molecule has 0 radical (unpaired) electrons. The van der Waals surface area contributed by atoms with Crippen molar-refractivity contribution in [3.8, 4) is 0 Å². The molecule has 126 valence electrons. The highest BCUT2D eigenvalue weighted by molar-refractivity contribution is 6.44. The number of rotatable bonds is 4. The minimum Gasteiger partial charge on any atom is -0.303 e. The van der Waals surface area contributed by atoms with E-state index in [1.165, 1.54) is 6.33 Å². The molecule has 0 N–H and O–H groups in total. The SMILES string of the molecule is O=C(C(=Cc1cc(Cl)cc(Cl)c1Cl)n1ccnc1)c1ccc(Cl)cc1. The molecule has 0 spiro atoms. The first-order valence-electron chi connectivity index (χ1n) is 7.10. The van der Waals surface area contributed by atoms with Crippen molar-refractivity contribution in [1.29, 1.82) is 0 Å². The van der Waals surface area contributed by atoms with E-state index in [9.17, 15) is 4.79 Å². The first kappa shape index (κ1) is 18.0. The fourth-order valence-electron chi connectivity index (χ4n) is 2.24. The van der Waals surface area contributed by atoms with E-state index in [0.717, 1.165) is 0 Å². The van der Waals surface area contributed by atoms with Crippen LogP contribution < -0.4 is 0 Å². The van der Waals surface area contributed by atoms with Crippen LogP contribution in [0.3, 0.4) is 0 Å². The molecule has 3 nitrogen and oxygen atoms in total. The van der Waals surface area contributed by atoms with Crippen LogP contribution in [0.25, 0.3) is 11.8 Å². The molecule has 3 aromatic rings. The Labute approximate surface area is 164 Å². The fourth-order valence-corrected chi connectivity index (χ4v) is 3.04. The summed E-state index contributed by atoms with van der Waals surface area (Å²) >= 11 is 24.3. The first-order valence-corrected chi connectivity index (χ1v) is 8.62. The molecule has 25 heavy (non-hydrogen) atoms. The minimum atomic E-state index is -0.221. The summed E-state index contributed by atoms with van der Waals surface area (Å²) < 4.78 is 1.60. The van der Waals surface area contributed by atoms with Crippen LogP contribution in [-0.2, 0) is 0 Å². The molecule has 0 bridgehead atoms. The molecule has 0 saturated heterocycles. The zero-order valence-electron chi connectivity index (χ0n) is 12.6. The number of aromatic nitrogens is 2.